The lowest BCUT2D eigenvalue weighted by Crippen LogP contribution is -1.89. The molecule has 23 heavy (non-hydrogen) atoms. The molecule has 1 aromatic heterocycles. The van der Waals surface area contributed by atoms with Gasteiger partial charge in [-0.05, 0) is 25.7 Å². The first-order valence-electron chi connectivity index (χ1n) is 9.51. The van der Waals surface area contributed by atoms with Gasteiger partial charge in [0.25, 0.3) is 0 Å². The monoisotopic (exact) mass is 337 g/mol. The van der Waals surface area contributed by atoms with Crippen LogP contribution < -0.4 is 0 Å². The predicted octanol–water partition coefficient (Wildman–Crippen LogP) is 6.33. The lowest BCUT2D eigenvalue weighted by Gasteiger charge is -1.99. The normalized spacial score (nSPS) is 11.0. The number of nitrogens with one attached hydrogen (secondary N) is 1. The topological polar surface area (TPSA) is 41.6 Å². The summed E-state index contributed by atoms with van der Waals surface area (Å²) in [6.45, 7) is 6.02. The van der Waals surface area contributed by atoms with Crippen molar-refractivity contribution in [3.05, 3.63) is 18.5 Å². The zero-order valence-corrected chi connectivity index (χ0v) is 15.8. The summed E-state index contributed by atoms with van der Waals surface area (Å²) in [5.74, 6) is 2.20. The molecule has 1 rings (SSSR count). The molecule has 1 N–H and O–H groups in total. The third kappa shape index (κ3) is 11.4. The van der Waals surface area contributed by atoms with Crippen LogP contribution in [0.1, 0.15) is 89.8 Å². The van der Waals surface area contributed by atoms with Crippen LogP contribution in [-0.4, -0.2) is 20.9 Å². The molecule has 0 aliphatic rings. The van der Waals surface area contributed by atoms with Gasteiger partial charge < -0.3 is 0 Å². The minimum atomic E-state index is 0.930. The molecule has 4 heteroatoms. The van der Waals surface area contributed by atoms with Crippen LogP contribution in [0.25, 0.3) is 0 Å². The third-order valence-corrected chi connectivity index (χ3v) is 5.00. The van der Waals surface area contributed by atoms with Crippen LogP contribution in [0.15, 0.2) is 17.8 Å². The van der Waals surface area contributed by atoms with Crippen LogP contribution in [0.2, 0.25) is 0 Å². The van der Waals surface area contributed by atoms with Crippen molar-refractivity contribution in [2.45, 2.75) is 95.6 Å². The highest BCUT2D eigenvalue weighted by Gasteiger charge is 2.03. The van der Waals surface area contributed by atoms with E-state index >= 15 is 0 Å². The van der Waals surface area contributed by atoms with Crippen molar-refractivity contribution in [2.24, 2.45) is 0 Å². The first-order valence-corrected chi connectivity index (χ1v) is 10.5. The number of rotatable bonds is 16. The molecule has 0 saturated heterocycles. The molecule has 0 amide bonds. The number of aromatic amines is 1. The van der Waals surface area contributed by atoms with Gasteiger partial charge in [0.1, 0.15) is 5.82 Å². The van der Waals surface area contributed by atoms with E-state index in [1.54, 1.807) is 11.8 Å². The summed E-state index contributed by atoms with van der Waals surface area (Å²) in [7, 11) is 0. The first kappa shape index (κ1) is 20.3. The quantitative estimate of drug-likeness (QED) is 0.218. The highest BCUT2D eigenvalue weighted by Crippen LogP contribution is 2.16. The zero-order chi connectivity index (χ0) is 16.6. The summed E-state index contributed by atoms with van der Waals surface area (Å²) >= 11 is 1.79. The van der Waals surface area contributed by atoms with Gasteiger partial charge in [0, 0.05) is 12.2 Å². The van der Waals surface area contributed by atoms with Crippen LogP contribution in [0.4, 0.5) is 0 Å². The maximum atomic E-state index is 4.59. The summed E-state index contributed by atoms with van der Waals surface area (Å²) < 4.78 is 0. The Morgan fingerprint density at radius 1 is 0.957 bits per heavy atom. The van der Waals surface area contributed by atoms with Gasteiger partial charge in [-0.3, -0.25) is 5.10 Å². The summed E-state index contributed by atoms with van der Waals surface area (Å²) in [6.07, 6.45) is 18.7. The van der Waals surface area contributed by atoms with Gasteiger partial charge in [0.15, 0.2) is 0 Å². The maximum Gasteiger partial charge on any atom is 0.208 e. The number of hydrogen-bond donors (Lipinski definition) is 1. The van der Waals surface area contributed by atoms with Crippen LogP contribution >= 0.6 is 11.8 Å². The van der Waals surface area contributed by atoms with Crippen LogP contribution in [0.5, 0.6) is 0 Å². The Hall–Kier alpha value is -0.770. The lowest BCUT2D eigenvalue weighted by molar-refractivity contribution is 0.591. The highest BCUT2D eigenvalue weighted by atomic mass is 32.2. The maximum absolute atomic E-state index is 4.59. The Balaban J connectivity index is 1.97. The Morgan fingerprint density at radius 2 is 1.65 bits per heavy atom. The molecule has 0 fully saturated rings. The average Bonchev–Trinajstić information content (AvgIpc) is 3.01. The molecular weight excluding hydrogens is 302 g/mol. The Morgan fingerprint density at radius 3 is 2.43 bits per heavy atom. The van der Waals surface area contributed by atoms with E-state index in [0.29, 0.717) is 0 Å². The molecule has 1 aromatic rings. The van der Waals surface area contributed by atoms with E-state index in [0.717, 1.165) is 29.6 Å². The van der Waals surface area contributed by atoms with Gasteiger partial charge in [-0.2, -0.15) is 0 Å². The molecule has 132 valence electrons. The molecule has 0 bridgehead atoms. The molecule has 0 aromatic carbocycles. The van der Waals surface area contributed by atoms with Crippen molar-refractivity contribution >= 4 is 11.8 Å². The fraction of sp³-hybridized carbons (Fsp3) is 0.789. The molecule has 0 atom stereocenters. The fourth-order valence-corrected chi connectivity index (χ4v) is 3.43. The molecule has 1 heterocycles. The number of allylic oxidation sites excluding steroid dienone is 1. The van der Waals surface area contributed by atoms with Crippen molar-refractivity contribution < 1.29 is 0 Å². The van der Waals surface area contributed by atoms with Crippen LogP contribution in [-0.2, 0) is 6.42 Å². The number of thioether (sulfide) groups is 1. The number of aryl methyl sites for hydroxylation is 1. The van der Waals surface area contributed by atoms with Crippen molar-refractivity contribution in [3.63, 3.8) is 0 Å². The molecule has 0 aliphatic carbocycles. The van der Waals surface area contributed by atoms with Crippen LogP contribution in [0, 0.1) is 0 Å². The molecule has 0 radical (unpaired) electrons. The SMILES string of the molecule is C=CCCCCCCCCc1nc(SCCCCCCC)n[nH]1. The average molecular weight is 338 g/mol. The first-order chi connectivity index (χ1) is 11.4. The number of hydrogen-bond acceptors (Lipinski definition) is 3. The standard InChI is InChI=1S/C19H35N3S/c1-3-5-7-9-10-11-12-14-16-18-20-19(22-21-18)23-17-15-13-8-6-4-2/h3H,1,4-17H2,2H3,(H,20,21,22). The van der Waals surface area contributed by atoms with Gasteiger partial charge in [0.05, 0.1) is 0 Å². The number of H-pyrrole nitrogens is 1. The summed E-state index contributed by atoms with van der Waals surface area (Å²) in [5, 5.41) is 8.34. The van der Waals surface area contributed by atoms with E-state index in [9.17, 15) is 0 Å². The van der Waals surface area contributed by atoms with Gasteiger partial charge in [0.2, 0.25) is 5.16 Å². The fourth-order valence-electron chi connectivity index (χ4n) is 2.61. The summed E-state index contributed by atoms with van der Waals surface area (Å²) in [4.78, 5) is 4.59. The Kier molecular flexibility index (Phi) is 13.0. The van der Waals surface area contributed by atoms with Crippen molar-refractivity contribution in [1.82, 2.24) is 15.2 Å². The second-order valence-corrected chi connectivity index (χ2v) is 7.34. The van der Waals surface area contributed by atoms with Crippen molar-refractivity contribution in [1.29, 1.82) is 0 Å². The smallest absolute Gasteiger partial charge is 0.208 e. The molecule has 0 aliphatic heterocycles. The second-order valence-electron chi connectivity index (χ2n) is 6.28. The third-order valence-electron chi connectivity index (χ3n) is 4.06. The van der Waals surface area contributed by atoms with E-state index in [2.05, 4.69) is 28.7 Å². The van der Waals surface area contributed by atoms with E-state index < -0.39 is 0 Å². The molecule has 0 saturated carbocycles. The van der Waals surface area contributed by atoms with E-state index in [-0.39, 0.29) is 0 Å². The number of unbranched alkanes of at least 4 members (excludes halogenated alkanes) is 10. The number of nitrogens with zero attached hydrogens (tertiary/aromatic N) is 2. The van der Waals surface area contributed by atoms with Gasteiger partial charge >= 0.3 is 0 Å². The molecule has 0 spiro atoms. The number of aromatic nitrogens is 3. The Bertz CT molecular complexity index is 390. The van der Waals surface area contributed by atoms with Crippen molar-refractivity contribution in [2.75, 3.05) is 5.75 Å². The zero-order valence-electron chi connectivity index (χ0n) is 15.0. The van der Waals surface area contributed by atoms with Gasteiger partial charge in [-0.25, -0.2) is 4.98 Å². The lowest BCUT2D eigenvalue weighted by atomic mass is 10.1. The van der Waals surface area contributed by atoms with E-state index in [1.807, 2.05) is 6.08 Å². The summed E-state index contributed by atoms with van der Waals surface area (Å²) in [5.41, 5.74) is 0. The predicted molar refractivity (Wildman–Crippen MR) is 102 cm³/mol. The van der Waals surface area contributed by atoms with Crippen molar-refractivity contribution in [3.8, 4) is 0 Å². The largest absolute Gasteiger partial charge is 0.262 e. The van der Waals surface area contributed by atoms with Gasteiger partial charge in [-0.15, -0.1) is 11.7 Å². The second kappa shape index (κ2) is 14.8. The summed E-state index contributed by atoms with van der Waals surface area (Å²) in [6, 6.07) is 0. The van der Waals surface area contributed by atoms with E-state index in [1.165, 1.54) is 70.6 Å². The minimum absolute atomic E-state index is 0.930. The Labute approximate surface area is 147 Å². The highest BCUT2D eigenvalue weighted by molar-refractivity contribution is 7.99. The molecule has 0 unspecified atom stereocenters. The molecular formula is C19H35N3S. The van der Waals surface area contributed by atoms with E-state index in [4.69, 9.17) is 0 Å². The van der Waals surface area contributed by atoms with Crippen LogP contribution in [0.3, 0.4) is 0 Å². The molecule has 3 nitrogen and oxygen atoms in total. The minimum Gasteiger partial charge on any atom is -0.262 e. The van der Waals surface area contributed by atoms with Gasteiger partial charge in [-0.1, -0.05) is 76.1 Å².